The Bertz CT molecular complexity index is 878. The maximum absolute atomic E-state index is 10.7. The summed E-state index contributed by atoms with van der Waals surface area (Å²) in [6, 6.07) is 1.53. The molecule has 0 aliphatic carbocycles. The van der Waals surface area contributed by atoms with E-state index in [9.17, 15) is 4.79 Å². The topological polar surface area (TPSA) is 294 Å². The summed E-state index contributed by atoms with van der Waals surface area (Å²) >= 11 is 20.2. The molecule has 1 amide bonds. The summed E-state index contributed by atoms with van der Waals surface area (Å²) in [7, 11) is 1.50. The molecular formula is C16H41ClN2O14P4S4. The second kappa shape index (κ2) is 28.3. The minimum atomic E-state index is -3.81. The Labute approximate surface area is 265 Å². The standard InChI is InChI=1S/C8H9ClN2O2.2C4H10.4H3O3PS/c1-5(12)11-7-4-10-8(13-2)3-6(7)9;2*1-4(2)3;4*1-4(2,3)5/h3-4H,1-2H3,(H,11,12);2*4H,1-3H3;4*(H3,1,2,3,5). The maximum atomic E-state index is 10.7. The lowest BCUT2D eigenvalue weighted by molar-refractivity contribution is -0.114. The van der Waals surface area contributed by atoms with Crippen molar-refractivity contribution in [1.82, 2.24) is 4.98 Å². The molecule has 13 N–H and O–H groups in total. The molecule has 0 aliphatic rings. The molecule has 0 aromatic carbocycles. The Balaban J connectivity index is -0.0000000937. The maximum Gasteiger partial charge on any atom is 0.319 e. The van der Waals surface area contributed by atoms with E-state index in [0.717, 1.165) is 11.8 Å². The van der Waals surface area contributed by atoms with Gasteiger partial charge >= 0.3 is 26.9 Å². The summed E-state index contributed by atoms with van der Waals surface area (Å²) in [4.78, 5) is 105. The molecule has 250 valence electrons. The second-order valence-corrected chi connectivity index (χ2v) is 18.3. The third-order valence-electron chi connectivity index (χ3n) is 1.35. The predicted octanol–water partition coefficient (Wildman–Crippen LogP) is 1.78. The quantitative estimate of drug-likeness (QED) is 0.191. The van der Waals surface area contributed by atoms with Crippen LogP contribution in [0, 0.1) is 11.8 Å². The van der Waals surface area contributed by atoms with Gasteiger partial charge in [0.1, 0.15) is 0 Å². The van der Waals surface area contributed by atoms with Gasteiger partial charge in [-0.15, -0.1) is 0 Å². The molecule has 1 aromatic rings. The molecule has 0 unspecified atom stereocenters. The van der Waals surface area contributed by atoms with Crippen molar-refractivity contribution in [1.29, 1.82) is 0 Å². The Morgan fingerprint density at radius 3 is 1.12 bits per heavy atom. The summed E-state index contributed by atoms with van der Waals surface area (Å²) in [6.07, 6.45) is 1.45. The van der Waals surface area contributed by atoms with Crippen LogP contribution in [0.4, 0.5) is 5.69 Å². The lowest BCUT2D eigenvalue weighted by atomic mass is 10.3. The van der Waals surface area contributed by atoms with E-state index in [2.05, 4.69) is 99.1 Å². The molecule has 0 fully saturated rings. The predicted molar refractivity (Wildman–Crippen MR) is 175 cm³/mol. The largest absolute Gasteiger partial charge is 0.481 e. The summed E-state index contributed by atoms with van der Waals surface area (Å²) in [6.45, 7) is -0.819. The first kappa shape index (κ1) is 54.3. The van der Waals surface area contributed by atoms with Crippen LogP contribution in [0.1, 0.15) is 48.5 Å². The van der Waals surface area contributed by atoms with Crippen LogP contribution in [0.3, 0.4) is 0 Å². The van der Waals surface area contributed by atoms with E-state index in [-0.39, 0.29) is 5.91 Å². The number of anilines is 1. The smallest absolute Gasteiger partial charge is 0.319 e. The SMILES string of the molecule is CC(C)C.CC(C)C.COc1cc(Cl)c(NC(C)=O)cn1.OP(O)(O)=S.OP(O)(O)=S.OP(O)(O)=S.OP(O)(O)=S. The number of carbonyl (C=O) groups excluding carboxylic acids is 1. The van der Waals surface area contributed by atoms with E-state index < -0.39 is 26.9 Å². The van der Waals surface area contributed by atoms with Crippen molar-refractivity contribution in [3.8, 4) is 5.88 Å². The average Bonchev–Trinajstić information content (AvgIpc) is 2.56. The third kappa shape index (κ3) is 157. The fraction of sp³-hybridized carbons (Fsp3) is 0.625. The van der Waals surface area contributed by atoms with Gasteiger partial charge in [0, 0.05) is 13.0 Å². The lowest BCUT2D eigenvalue weighted by Gasteiger charge is -2.05. The number of nitrogens with one attached hydrogen (secondary N) is 1. The van der Waals surface area contributed by atoms with Crippen LogP contribution in [-0.2, 0) is 52.0 Å². The minimum Gasteiger partial charge on any atom is -0.481 e. The molecule has 0 bridgehead atoms. The van der Waals surface area contributed by atoms with Gasteiger partial charge in [0.05, 0.1) is 24.0 Å². The highest BCUT2D eigenvalue weighted by molar-refractivity contribution is 8.07. The van der Waals surface area contributed by atoms with Crippen molar-refractivity contribution >= 4 is 97.3 Å². The van der Waals surface area contributed by atoms with E-state index >= 15 is 0 Å². The molecule has 0 aliphatic heterocycles. The first-order chi connectivity index (χ1) is 17.6. The second-order valence-electron chi connectivity index (χ2n) is 7.90. The molecule has 0 saturated heterocycles. The minimum absolute atomic E-state index is 0.186. The summed E-state index contributed by atoms with van der Waals surface area (Å²) in [5, 5.41) is 2.94. The van der Waals surface area contributed by atoms with E-state index in [1.807, 2.05) is 0 Å². The van der Waals surface area contributed by atoms with Crippen molar-refractivity contribution in [2.45, 2.75) is 48.5 Å². The van der Waals surface area contributed by atoms with Gasteiger partial charge in [-0.1, -0.05) is 53.1 Å². The van der Waals surface area contributed by atoms with Crippen molar-refractivity contribution in [2.24, 2.45) is 11.8 Å². The van der Waals surface area contributed by atoms with Gasteiger partial charge in [-0.05, 0) is 59.1 Å². The van der Waals surface area contributed by atoms with Gasteiger partial charge in [-0.3, -0.25) is 4.79 Å². The number of amides is 1. The Kier molecular flexibility index (Phi) is 37.5. The van der Waals surface area contributed by atoms with E-state index in [0.29, 0.717) is 16.6 Å². The fourth-order valence-electron chi connectivity index (χ4n) is 0.807. The van der Waals surface area contributed by atoms with Gasteiger partial charge in [-0.2, -0.15) is 0 Å². The van der Waals surface area contributed by atoms with Gasteiger partial charge < -0.3 is 68.8 Å². The van der Waals surface area contributed by atoms with Crippen LogP contribution in [-0.4, -0.2) is 76.7 Å². The number of methoxy groups -OCH3 is 1. The van der Waals surface area contributed by atoms with E-state index in [4.69, 9.17) is 75.1 Å². The van der Waals surface area contributed by atoms with Gasteiger partial charge in [0.2, 0.25) is 11.8 Å². The highest BCUT2D eigenvalue weighted by Gasteiger charge is 2.04. The molecule has 25 heteroatoms. The number of hydrogen-bond acceptors (Lipinski definition) is 7. The fourth-order valence-corrected chi connectivity index (χ4v) is 0.996. The molecule has 0 atom stereocenters. The van der Waals surface area contributed by atoms with E-state index in [1.165, 1.54) is 26.3 Å². The molecule has 1 aromatic heterocycles. The lowest BCUT2D eigenvalue weighted by Crippen LogP contribution is -2.06. The number of hydrogen-bond donors (Lipinski definition) is 13. The highest BCUT2D eigenvalue weighted by Crippen LogP contribution is 2.28. The van der Waals surface area contributed by atoms with Gasteiger partial charge in [-0.25, -0.2) is 4.98 Å². The van der Waals surface area contributed by atoms with Crippen LogP contribution < -0.4 is 10.1 Å². The molecule has 1 rings (SSSR count). The van der Waals surface area contributed by atoms with Crippen molar-refractivity contribution in [3.05, 3.63) is 17.3 Å². The Morgan fingerprint density at radius 1 is 0.756 bits per heavy atom. The number of halogens is 1. The van der Waals surface area contributed by atoms with Crippen LogP contribution >= 0.6 is 38.5 Å². The monoisotopic (exact) mass is 772 g/mol. The summed E-state index contributed by atoms with van der Waals surface area (Å²) in [5.41, 5.74) is 0.481. The van der Waals surface area contributed by atoms with Crippen LogP contribution in [0.25, 0.3) is 0 Å². The Morgan fingerprint density at radius 2 is 0.976 bits per heavy atom. The summed E-state index contributed by atoms with van der Waals surface area (Å²) in [5.74, 6) is 1.90. The first-order valence-corrected chi connectivity index (χ1v) is 21.2. The number of nitrogens with zero attached hydrogens (tertiary/aromatic N) is 1. The third-order valence-corrected chi connectivity index (χ3v) is 1.66. The first-order valence-electron chi connectivity index (χ1n) is 10.2. The molecule has 41 heavy (non-hydrogen) atoms. The highest BCUT2D eigenvalue weighted by atomic mass is 35.5. The van der Waals surface area contributed by atoms with Crippen LogP contribution in [0.2, 0.25) is 5.02 Å². The molecule has 0 spiro atoms. The zero-order valence-electron chi connectivity index (χ0n) is 23.2. The number of rotatable bonds is 2. The van der Waals surface area contributed by atoms with Crippen LogP contribution in [0.15, 0.2) is 12.3 Å². The number of pyridine rings is 1. The molecular weight excluding hydrogens is 732 g/mol. The average molecular weight is 773 g/mol. The molecule has 0 saturated carbocycles. The van der Waals surface area contributed by atoms with E-state index in [1.54, 1.807) is 0 Å². The zero-order valence-corrected chi connectivity index (χ0v) is 30.8. The van der Waals surface area contributed by atoms with Crippen molar-refractivity contribution < 1.29 is 68.3 Å². The number of carbonyl (C=O) groups is 1. The Hall–Kier alpha value is 0.830. The summed E-state index contributed by atoms with van der Waals surface area (Å²) < 4.78 is 4.85. The zero-order chi connectivity index (χ0) is 35.0. The van der Waals surface area contributed by atoms with Crippen LogP contribution in [0.5, 0.6) is 5.88 Å². The molecule has 0 radical (unpaired) electrons. The normalized spacial score (nSPS) is 10.5. The molecule has 16 nitrogen and oxygen atoms in total. The molecule has 1 heterocycles. The van der Waals surface area contributed by atoms with Crippen molar-refractivity contribution in [2.75, 3.05) is 12.4 Å². The van der Waals surface area contributed by atoms with Gasteiger partial charge in [0.15, 0.2) is 0 Å². The van der Waals surface area contributed by atoms with Crippen molar-refractivity contribution in [3.63, 3.8) is 0 Å². The number of ether oxygens (including phenoxy) is 1. The van der Waals surface area contributed by atoms with Gasteiger partial charge in [0.25, 0.3) is 0 Å². The number of aromatic nitrogens is 1.